The van der Waals surface area contributed by atoms with E-state index in [1.807, 2.05) is 0 Å². The summed E-state index contributed by atoms with van der Waals surface area (Å²) in [6, 6.07) is 12.4. The van der Waals surface area contributed by atoms with Crippen LogP contribution in [0.1, 0.15) is 24.1 Å². The smallest absolute Gasteiger partial charge is 0.325 e. The van der Waals surface area contributed by atoms with E-state index in [1.165, 1.54) is 23.8 Å². The Bertz CT molecular complexity index is 1500. The molecule has 1 atom stereocenters. The molecule has 0 bridgehead atoms. The van der Waals surface area contributed by atoms with Gasteiger partial charge in [-0.3, -0.25) is 19.1 Å². The molecule has 34 heavy (non-hydrogen) atoms. The second kappa shape index (κ2) is 7.91. The quantitative estimate of drug-likeness (QED) is 0.457. The minimum Gasteiger partial charge on any atom is -0.467 e. The fourth-order valence-corrected chi connectivity index (χ4v) is 4.04. The summed E-state index contributed by atoms with van der Waals surface area (Å²) in [6.45, 7) is 1.14. The molecular weight excluding hydrogens is 446 g/mol. The lowest BCUT2D eigenvalue weighted by atomic mass is 9.92. The number of nitrogens with zero attached hydrogens (tertiary/aromatic N) is 3. The number of carbonyl (C=O) groups excluding carboxylic acids is 2. The summed E-state index contributed by atoms with van der Waals surface area (Å²) in [5, 5.41) is 2.92. The molecule has 8 nitrogen and oxygen atoms in total. The first-order chi connectivity index (χ1) is 16.3. The van der Waals surface area contributed by atoms with Crippen LogP contribution in [0, 0.1) is 11.6 Å². The molecule has 3 heterocycles. The molecule has 2 aromatic heterocycles. The number of carbonyl (C=O) groups is 2. The molecule has 3 amide bonds. The van der Waals surface area contributed by atoms with Gasteiger partial charge in [0, 0.05) is 0 Å². The predicted molar refractivity (Wildman–Crippen MR) is 117 cm³/mol. The number of rotatable bonds is 5. The number of benzene rings is 2. The lowest BCUT2D eigenvalue weighted by Gasteiger charge is -2.22. The number of para-hydroxylation sites is 1. The molecule has 5 rings (SSSR count). The molecule has 2 aromatic carbocycles. The van der Waals surface area contributed by atoms with Gasteiger partial charge in [0.25, 0.3) is 11.5 Å². The highest BCUT2D eigenvalue weighted by Crippen LogP contribution is 2.30. The zero-order chi connectivity index (χ0) is 24.0. The van der Waals surface area contributed by atoms with E-state index in [1.54, 1.807) is 36.4 Å². The highest BCUT2D eigenvalue weighted by Gasteiger charge is 2.49. The van der Waals surface area contributed by atoms with Crippen molar-refractivity contribution in [1.29, 1.82) is 0 Å². The van der Waals surface area contributed by atoms with Crippen LogP contribution in [0.15, 0.2) is 70.1 Å². The molecule has 1 fully saturated rings. The monoisotopic (exact) mass is 464 g/mol. The van der Waals surface area contributed by atoms with Crippen LogP contribution >= 0.6 is 0 Å². The maximum absolute atomic E-state index is 13.8. The minimum absolute atomic E-state index is 0.0447. The first-order valence-electron chi connectivity index (χ1n) is 10.4. The van der Waals surface area contributed by atoms with Crippen LogP contribution < -0.4 is 10.9 Å². The van der Waals surface area contributed by atoms with Crippen molar-refractivity contribution in [2.24, 2.45) is 0 Å². The fourth-order valence-electron chi connectivity index (χ4n) is 4.04. The Morgan fingerprint density at radius 3 is 2.53 bits per heavy atom. The van der Waals surface area contributed by atoms with Crippen LogP contribution in [0.3, 0.4) is 0 Å². The van der Waals surface area contributed by atoms with Crippen molar-refractivity contribution >= 4 is 22.8 Å². The van der Waals surface area contributed by atoms with Gasteiger partial charge in [0.2, 0.25) is 0 Å². The highest BCUT2D eigenvalue weighted by molar-refractivity contribution is 6.07. The SMILES string of the molecule is CC1(c2ccc(F)c(F)c2)NC(=O)N(Cc2nc3ccccc3c(=O)n2Cc2ccco2)C1=O. The molecule has 0 radical (unpaired) electrons. The number of halogens is 2. The Morgan fingerprint density at radius 1 is 1.00 bits per heavy atom. The van der Waals surface area contributed by atoms with Gasteiger partial charge < -0.3 is 9.73 Å². The van der Waals surface area contributed by atoms with Crippen molar-refractivity contribution in [2.75, 3.05) is 0 Å². The molecule has 172 valence electrons. The molecule has 10 heteroatoms. The molecule has 1 N–H and O–H groups in total. The van der Waals surface area contributed by atoms with E-state index in [-0.39, 0.29) is 30.0 Å². The number of nitrogens with one attached hydrogen (secondary N) is 1. The number of hydrogen-bond donors (Lipinski definition) is 1. The third-order valence-electron chi connectivity index (χ3n) is 5.91. The molecular formula is C24H18F2N4O4. The lowest BCUT2D eigenvalue weighted by Crippen LogP contribution is -2.41. The summed E-state index contributed by atoms with van der Waals surface area (Å²) in [6.07, 6.45) is 1.47. The van der Waals surface area contributed by atoms with Gasteiger partial charge in [0.05, 0.1) is 30.3 Å². The Morgan fingerprint density at radius 2 is 1.79 bits per heavy atom. The van der Waals surface area contributed by atoms with Gasteiger partial charge in [-0.15, -0.1) is 0 Å². The summed E-state index contributed by atoms with van der Waals surface area (Å²) in [5.74, 6) is -2.23. The van der Waals surface area contributed by atoms with Gasteiger partial charge in [-0.2, -0.15) is 0 Å². The highest BCUT2D eigenvalue weighted by atomic mass is 19.2. The topological polar surface area (TPSA) is 97.4 Å². The molecule has 4 aromatic rings. The van der Waals surface area contributed by atoms with E-state index in [9.17, 15) is 23.2 Å². The number of furan rings is 1. The average Bonchev–Trinajstić information content (AvgIpc) is 3.41. The first kappa shape index (κ1) is 21.5. The van der Waals surface area contributed by atoms with Crippen molar-refractivity contribution in [3.63, 3.8) is 0 Å². The van der Waals surface area contributed by atoms with Gasteiger partial charge >= 0.3 is 6.03 Å². The number of hydrogen-bond acceptors (Lipinski definition) is 5. The molecule has 1 aliphatic heterocycles. The van der Waals surface area contributed by atoms with E-state index in [0.29, 0.717) is 16.7 Å². The third-order valence-corrected chi connectivity index (χ3v) is 5.91. The van der Waals surface area contributed by atoms with E-state index < -0.39 is 29.1 Å². The van der Waals surface area contributed by atoms with E-state index in [2.05, 4.69) is 10.3 Å². The van der Waals surface area contributed by atoms with Crippen LogP contribution in [0.4, 0.5) is 13.6 Å². The summed E-state index contributed by atoms with van der Waals surface area (Å²) in [5.41, 5.74) is -1.47. The Labute approximate surface area is 191 Å². The largest absolute Gasteiger partial charge is 0.467 e. The summed E-state index contributed by atoms with van der Waals surface area (Å²) in [4.78, 5) is 44.8. The van der Waals surface area contributed by atoms with Gasteiger partial charge in [-0.25, -0.2) is 18.6 Å². The molecule has 1 aliphatic rings. The Hall–Kier alpha value is -4.34. The van der Waals surface area contributed by atoms with Crippen molar-refractivity contribution in [2.45, 2.75) is 25.6 Å². The van der Waals surface area contributed by atoms with Crippen molar-refractivity contribution in [1.82, 2.24) is 19.8 Å². The zero-order valence-electron chi connectivity index (χ0n) is 17.9. The Kier molecular flexibility index (Phi) is 5.00. The number of imide groups is 1. The van der Waals surface area contributed by atoms with Gasteiger partial charge in [0.1, 0.15) is 17.1 Å². The van der Waals surface area contributed by atoms with Crippen LogP contribution in [-0.2, 0) is 23.4 Å². The predicted octanol–water partition coefficient (Wildman–Crippen LogP) is 3.28. The Balaban J connectivity index is 1.56. The van der Waals surface area contributed by atoms with Crippen molar-refractivity contribution in [3.05, 3.63) is 100.0 Å². The summed E-state index contributed by atoms with van der Waals surface area (Å²) < 4.78 is 33.9. The summed E-state index contributed by atoms with van der Waals surface area (Å²) >= 11 is 0. The maximum atomic E-state index is 13.8. The second-order valence-electron chi connectivity index (χ2n) is 8.09. The minimum atomic E-state index is -1.62. The normalized spacial score (nSPS) is 18.0. The van der Waals surface area contributed by atoms with Crippen LogP contribution in [-0.4, -0.2) is 26.4 Å². The zero-order valence-corrected chi connectivity index (χ0v) is 17.9. The van der Waals surface area contributed by atoms with Gasteiger partial charge in [0.15, 0.2) is 11.6 Å². The van der Waals surface area contributed by atoms with Crippen molar-refractivity contribution in [3.8, 4) is 0 Å². The lowest BCUT2D eigenvalue weighted by molar-refractivity contribution is -0.131. The summed E-state index contributed by atoms with van der Waals surface area (Å²) in [7, 11) is 0. The first-order valence-corrected chi connectivity index (χ1v) is 10.4. The van der Waals surface area contributed by atoms with Crippen LogP contribution in [0.5, 0.6) is 0 Å². The van der Waals surface area contributed by atoms with E-state index in [4.69, 9.17) is 4.42 Å². The third kappa shape index (κ3) is 3.43. The molecule has 0 spiro atoms. The second-order valence-corrected chi connectivity index (χ2v) is 8.09. The number of urea groups is 1. The van der Waals surface area contributed by atoms with E-state index >= 15 is 0 Å². The van der Waals surface area contributed by atoms with Gasteiger partial charge in [-0.1, -0.05) is 18.2 Å². The average molecular weight is 464 g/mol. The molecule has 1 saturated heterocycles. The number of fused-ring (bicyclic) bond motifs is 1. The molecule has 1 unspecified atom stereocenters. The fraction of sp³-hybridized carbons (Fsp3) is 0.167. The van der Waals surface area contributed by atoms with Crippen molar-refractivity contribution < 1.29 is 22.8 Å². The van der Waals surface area contributed by atoms with E-state index in [0.717, 1.165) is 17.0 Å². The van der Waals surface area contributed by atoms with Gasteiger partial charge in [-0.05, 0) is 48.9 Å². The number of amides is 3. The maximum Gasteiger partial charge on any atom is 0.325 e. The van der Waals surface area contributed by atoms with Crippen LogP contribution in [0.2, 0.25) is 0 Å². The van der Waals surface area contributed by atoms with Crippen LogP contribution in [0.25, 0.3) is 10.9 Å². The molecule has 0 aliphatic carbocycles. The molecule has 0 saturated carbocycles. The standard InChI is InChI=1S/C24H18F2N4O4/c1-24(14-8-9-17(25)18(26)11-14)22(32)30(23(33)28-24)13-20-27-19-7-3-2-6-16(19)21(31)29(20)12-15-5-4-10-34-15/h2-11H,12-13H2,1H3,(H,28,33). The number of aromatic nitrogens is 2.